The summed E-state index contributed by atoms with van der Waals surface area (Å²) in [5.41, 5.74) is 2.74. The van der Waals surface area contributed by atoms with Crippen molar-refractivity contribution in [3.63, 3.8) is 0 Å². The quantitative estimate of drug-likeness (QED) is 0.387. The number of hydrogen-bond donors (Lipinski definition) is 0. The zero-order valence-corrected chi connectivity index (χ0v) is 17.5. The van der Waals surface area contributed by atoms with Gasteiger partial charge in [0, 0.05) is 30.9 Å². The van der Waals surface area contributed by atoms with Gasteiger partial charge in [0.25, 0.3) is 0 Å². The highest BCUT2D eigenvalue weighted by Crippen LogP contribution is 2.20. The maximum Gasteiger partial charge on any atom is 0.0346 e. The molecule has 1 aromatic heterocycles. The lowest BCUT2D eigenvalue weighted by Crippen LogP contribution is -2.33. The zero-order valence-electron chi connectivity index (χ0n) is 17.5. The van der Waals surface area contributed by atoms with Gasteiger partial charge in [0.1, 0.15) is 0 Å². The van der Waals surface area contributed by atoms with Crippen molar-refractivity contribution in [1.29, 1.82) is 0 Å². The molecule has 0 aliphatic carbocycles. The van der Waals surface area contributed by atoms with Crippen LogP contribution in [-0.2, 0) is 6.54 Å². The van der Waals surface area contributed by atoms with E-state index in [9.17, 15) is 0 Å². The van der Waals surface area contributed by atoms with Gasteiger partial charge >= 0.3 is 0 Å². The molecule has 1 atom stereocenters. The van der Waals surface area contributed by atoms with Crippen molar-refractivity contribution in [3.05, 3.63) is 90.3 Å². The molecule has 0 amide bonds. The Bertz CT molecular complexity index is 1090. The number of pyridine rings is 1. The summed E-state index contributed by atoms with van der Waals surface area (Å²) in [5, 5.41) is 5.17. The monoisotopic (exact) mass is 382 g/mol. The first-order chi connectivity index (χ1) is 14.2. The molecule has 0 saturated carbocycles. The predicted molar refractivity (Wildman–Crippen MR) is 124 cm³/mol. The van der Waals surface area contributed by atoms with E-state index in [1.54, 1.807) is 0 Å². The van der Waals surface area contributed by atoms with Gasteiger partial charge in [0.05, 0.1) is 0 Å². The molecule has 1 aliphatic heterocycles. The summed E-state index contributed by atoms with van der Waals surface area (Å²) >= 11 is 0. The Kier molecular flexibility index (Phi) is 6.21. The van der Waals surface area contributed by atoms with Crippen LogP contribution in [-0.4, -0.2) is 23.0 Å². The zero-order chi connectivity index (χ0) is 20.1. The van der Waals surface area contributed by atoms with Crippen LogP contribution >= 0.6 is 0 Å². The number of piperidine rings is 1. The number of likely N-dealkylation sites (tertiary alicyclic amines) is 1. The van der Waals surface area contributed by atoms with Crippen LogP contribution in [0, 0.1) is 12.8 Å². The van der Waals surface area contributed by atoms with E-state index in [2.05, 4.69) is 84.4 Å². The van der Waals surface area contributed by atoms with Crippen molar-refractivity contribution in [3.8, 4) is 0 Å². The second-order valence-electron chi connectivity index (χ2n) is 8.39. The molecule has 2 heterocycles. The van der Waals surface area contributed by atoms with Crippen LogP contribution in [0.25, 0.3) is 21.5 Å². The third-order valence-corrected chi connectivity index (χ3v) is 5.76. The Hall–Kier alpha value is -2.71. The molecular weight excluding hydrogens is 352 g/mol. The van der Waals surface area contributed by atoms with Gasteiger partial charge < -0.3 is 0 Å². The number of hydrogen-bond acceptors (Lipinski definition) is 2. The number of fused-ring (bicyclic) bond motifs is 2. The second kappa shape index (κ2) is 9.19. The molecule has 0 bridgehead atoms. The van der Waals surface area contributed by atoms with Crippen LogP contribution in [0.1, 0.15) is 30.9 Å². The number of benzene rings is 3. The Balaban J connectivity index is 0.000000159. The van der Waals surface area contributed by atoms with E-state index in [0.29, 0.717) is 0 Å². The minimum atomic E-state index is 0.860. The van der Waals surface area contributed by atoms with E-state index in [4.69, 9.17) is 0 Å². The predicted octanol–water partition coefficient (Wildman–Crippen LogP) is 6.61. The number of nitrogens with zero attached hydrogens (tertiary/aromatic N) is 2. The third kappa shape index (κ3) is 5.21. The first kappa shape index (κ1) is 19.6. The lowest BCUT2D eigenvalue weighted by Gasteiger charge is -2.30. The highest BCUT2D eigenvalue weighted by Gasteiger charge is 2.16. The number of rotatable bonds is 2. The lowest BCUT2D eigenvalue weighted by molar-refractivity contribution is 0.176. The molecule has 148 valence electrons. The molecule has 5 rings (SSSR count). The topological polar surface area (TPSA) is 16.1 Å². The fourth-order valence-electron chi connectivity index (χ4n) is 4.23. The van der Waals surface area contributed by atoms with Gasteiger partial charge in [-0.1, -0.05) is 67.1 Å². The third-order valence-electron chi connectivity index (χ3n) is 5.76. The van der Waals surface area contributed by atoms with Crippen molar-refractivity contribution in [2.45, 2.75) is 33.2 Å². The maximum absolute atomic E-state index is 4.04. The molecule has 2 heteroatoms. The molecule has 2 nitrogen and oxygen atoms in total. The average Bonchev–Trinajstić information content (AvgIpc) is 2.74. The van der Waals surface area contributed by atoms with Crippen LogP contribution in [0.15, 0.2) is 79.1 Å². The Morgan fingerprint density at radius 3 is 2.55 bits per heavy atom. The summed E-state index contributed by atoms with van der Waals surface area (Å²) in [7, 11) is 0. The molecule has 0 radical (unpaired) electrons. The Morgan fingerprint density at radius 1 is 0.897 bits per heavy atom. The van der Waals surface area contributed by atoms with Gasteiger partial charge in [0.15, 0.2) is 0 Å². The van der Waals surface area contributed by atoms with Gasteiger partial charge in [-0.2, -0.15) is 0 Å². The highest BCUT2D eigenvalue weighted by atomic mass is 15.1. The molecule has 29 heavy (non-hydrogen) atoms. The van der Waals surface area contributed by atoms with E-state index in [-0.39, 0.29) is 0 Å². The average molecular weight is 383 g/mol. The first-order valence-corrected chi connectivity index (χ1v) is 10.7. The number of aryl methyl sites for hydroxylation is 1. The van der Waals surface area contributed by atoms with E-state index in [1.807, 2.05) is 18.5 Å². The normalized spacial score (nSPS) is 17.1. The fraction of sp³-hybridized carbons (Fsp3) is 0.296. The van der Waals surface area contributed by atoms with Crippen LogP contribution < -0.4 is 0 Å². The van der Waals surface area contributed by atoms with Crippen molar-refractivity contribution in [1.82, 2.24) is 9.88 Å². The minimum Gasteiger partial charge on any atom is -0.299 e. The standard InChI is InChI=1S/C17H21N.C10H9N/c1-14-5-4-10-18(12-14)13-15-8-9-16-6-2-3-7-17(16)11-15;1-8-2-3-10-7-11-5-4-9(10)6-8/h2-3,6-9,11,14H,4-5,10,12-13H2,1H3;2-7H,1H3. The van der Waals surface area contributed by atoms with Crippen molar-refractivity contribution < 1.29 is 0 Å². The summed E-state index contributed by atoms with van der Waals surface area (Å²) in [6.45, 7) is 8.09. The minimum absolute atomic E-state index is 0.860. The Morgan fingerprint density at radius 2 is 1.69 bits per heavy atom. The molecule has 4 aromatic rings. The van der Waals surface area contributed by atoms with Gasteiger partial charge in [-0.3, -0.25) is 9.88 Å². The van der Waals surface area contributed by atoms with E-state index >= 15 is 0 Å². The first-order valence-electron chi connectivity index (χ1n) is 10.7. The van der Waals surface area contributed by atoms with Gasteiger partial charge in [-0.25, -0.2) is 0 Å². The van der Waals surface area contributed by atoms with Crippen LogP contribution in [0.3, 0.4) is 0 Å². The summed E-state index contributed by atoms with van der Waals surface area (Å²) in [4.78, 5) is 6.64. The molecule has 0 spiro atoms. The molecule has 1 aliphatic rings. The van der Waals surface area contributed by atoms with Gasteiger partial charge in [-0.05, 0) is 66.1 Å². The molecule has 0 N–H and O–H groups in total. The van der Waals surface area contributed by atoms with E-state index < -0.39 is 0 Å². The van der Waals surface area contributed by atoms with E-state index in [1.165, 1.54) is 58.6 Å². The SMILES string of the molecule is CC1CCCN(Cc2ccc3ccccc3c2)C1.Cc1ccc2cnccc2c1. The van der Waals surface area contributed by atoms with E-state index in [0.717, 1.165) is 12.5 Å². The van der Waals surface area contributed by atoms with Crippen molar-refractivity contribution >= 4 is 21.5 Å². The second-order valence-corrected chi connectivity index (χ2v) is 8.39. The smallest absolute Gasteiger partial charge is 0.0346 e. The fourth-order valence-corrected chi connectivity index (χ4v) is 4.23. The number of aromatic nitrogens is 1. The van der Waals surface area contributed by atoms with Crippen LogP contribution in [0.4, 0.5) is 0 Å². The molecule has 3 aromatic carbocycles. The molecular formula is C27H30N2. The van der Waals surface area contributed by atoms with Crippen molar-refractivity contribution in [2.24, 2.45) is 5.92 Å². The summed E-state index contributed by atoms with van der Waals surface area (Å²) in [5.74, 6) is 0.860. The summed E-state index contributed by atoms with van der Waals surface area (Å²) < 4.78 is 0. The summed E-state index contributed by atoms with van der Waals surface area (Å²) in [6, 6.07) is 23.9. The lowest BCUT2D eigenvalue weighted by atomic mass is 9.99. The van der Waals surface area contributed by atoms with Gasteiger partial charge in [0.2, 0.25) is 0 Å². The molecule has 1 unspecified atom stereocenters. The van der Waals surface area contributed by atoms with Gasteiger partial charge in [-0.15, -0.1) is 0 Å². The maximum atomic E-state index is 4.04. The molecule has 1 saturated heterocycles. The van der Waals surface area contributed by atoms with Crippen LogP contribution in [0.5, 0.6) is 0 Å². The highest BCUT2D eigenvalue weighted by molar-refractivity contribution is 5.83. The van der Waals surface area contributed by atoms with Crippen molar-refractivity contribution in [2.75, 3.05) is 13.1 Å². The largest absolute Gasteiger partial charge is 0.299 e. The summed E-state index contributed by atoms with van der Waals surface area (Å²) in [6.07, 6.45) is 6.46. The molecule has 1 fully saturated rings. The Labute approximate surface area is 174 Å². The van der Waals surface area contributed by atoms with Crippen LogP contribution in [0.2, 0.25) is 0 Å².